The summed E-state index contributed by atoms with van der Waals surface area (Å²) in [5, 5.41) is 0. The quantitative estimate of drug-likeness (QED) is 0.805. The Bertz CT molecular complexity index is 956. The highest BCUT2D eigenvalue weighted by atomic mass is 31.2. The van der Waals surface area contributed by atoms with E-state index in [0.717, 1.165) is 17.7 Å². The number of fused-ring (bicyclic) bond motifs is 1. The maximum absolute atomic E-state index is 11.9. The number of aryl methyl sites for hydroxylation is 2. The molecule has 144 valence electrons. The molecule has 1 aromatic carbocycles. The Morgan fingerprint density at radius 1 is 1.26 bits per heavy atom. The Labute approximate surface area is 157 Å². The van der Waals surface area contributed by atoms with Gasteiger partial charge in [0, 0.05) is 17.8 Å². The van der Waals surface area contributed by atoms with Gasteiger partial charge in [0.25, 0.3) is 5.56 Å². The lowest BCUT2D eigenvalue weighted by atomic mass is 10.1. The number of ether oxygens (including phenoxy) is 1. The molecule has 0 saturated carbocycles. The van der Waals surface area contributed by atoms with E-state index in [4.69, 9.17) is 18.3 Å². The van der Waals surface area contributed by atoms with Gasteiger partial charge in [-0.1, -0.05) is 0 Å². The van der Waals surface area contributed by atoms with Gasteiger partial charge >= 0.3 is 14.3 Å². The first kappa shape index (κ1) is 18.4. The maximum atomic E-state index is 11.9. The lowest BCUT2D eigenvalue weighted by molar-refractivity contribution is -0.0229. The molecule has 8 nitrogen and oxygen atoms in total. The van der Waals surface area contributed by atoms with Crippen LogP contribution in [0.4, 0.5) is 0 Å². The minimum absolute atomic E-state index is 0.162. The van der Waals surface area contributed by atoms with Crippen molar-refractivity contribution >= 4 is 8.60 Å². The van der Waals surface area contributed by atoms with E-state index in [0.29, 0.717) is 19.6 Å². The molecule has 2 aliphatic rings. The molecule has 0 amide bonds. The van der Waals surface area contributed by atoms with Gasteiger partial charge in [-0.05, 0) is 49.9 Å². The van der Waals surface area contributed by atoms with Crippen molar-refractivity contribution in [2.75, 3.05) is 6.61 Å². The fourth-order valence-corrected chi connectivity index (χ4v) is 4.19. The molecule has 3 heterocycles. The first-order chi connectivity index (χ1) is 13.0. The van der Waals surface area contributed by atoms with E-state index in [1.165, 1.54) is 28.0 Å². The Hall–Kier alpha value is -1.99. The maximum Gasteiger partial charge on any atom is 0.397 e. The molecule has 1 N–H and O–H groups in total. The third kappa shape index (κ3) is 3.99. The second kappa shape index (κ2) is 7.56. The first-order valence-corrected chi connectivity index (χ1v) is 9.90. The second-order valence-corrected chi connectivity index (χ2v) is 7.88. The molecule has 4 rings (SSSR count). The third-order valence-electron chi connectivity index (χ3n) is 4.79. The van der Waals surface area contributed by atoms with Gasteiger partial charge in [0.1, 0.15) is 12.0 Å². The number of aromatic amines is 1. The van der Waals surface area contributed by atoms with Crippen LogP contribution in [0.3, 0.4) is 0 Å². The molecule has 3 atom stereocenters. The lowest BCUT2D eigenvalue weighted by Gasteiger charge is -2.25. The van der Waals surface area contributed by atoms with Crippen LogP contribution < -0.4 is 15.8 Å². The van der Waals surface area contributed by atoms with E-state index in [1.807, 2.05) is 13.0 Å². The summed E-state index contributed by atoms with van der Waals surface area (Å²) < 4.78 is 24.6. The highest BCUT2D eigenvalue weighted by Gasteiger charge is 2.30. The predicted octanol–water partition coefficient (Wildman–Crippen LogP) is 2.68. The van der Waals surface area contributed by atoms with E-state index in [-0.39, 0.29) is 6.10 Å². The molecule has 0 bridgehead atoms. The fourth-order valence-electron chi connectivity index (χ4n) is 3.15. The van der Waals surface area contributed by atoms with Crippen LogP contribution in [-0.2, 0) is 20.4 Å². The zero-order valence-corrected chi connectivity index (χ0v) is 16.0. The number of hydrogen-bond acceptors (Lipinski definition) is 6. The van der Waals surface area contributed by atoms with Gasteiger partial charge in [0.05, 0.1) is 19.3 Å². The summed E-state index contributed by atoms with van der Waals surface area (Å²) in [5.41, 5.74) is 2.50. The minimum atomic E-state index is -1.47. The lowest BCUT2D eigenvalue weighted by Crippen LogP contribution is -2.31. The topological polar surface area (TPSA) is 91.8 Å². The number of rotatable bonds is 4. The number of nitrogens with one attached hydrogen (secondary N) is 1. The van der Waals surface area contributed by atoms with Crippen molar-refractivity contribution in [3.8, 4) is 5.75 Å². The number of aromatic nitrogens is 2. The summed E-state index contributed by atoms with van der Waals surface area (Å²) in [5.74, 6) is 0.806. The van der Waals surface area contributed by atoms with E-state index in [1.54, 1.807) is 0 Å². The molecule has 2 aromatic rings. The molecule has 9 heteroatoms. The average Bonchev–Trinajstić information content (AvgIpc) is 3.09. The van der Waals surface area contributed by atoms with Gasteiger partial charge in [-0.3, -0.25) is 23.4 Å². The van der Waals surface area contributed by atoms with E-state index < -0.39 is 26.1 Å². The molecule has 0 aliphatic carbocycles. The molecule has 1 aromatic heterocycles. The fraction of sp³-hybridized carbons (Fsp3) is 0.444. The third-order valence-corrected chi connectivity index (χ3v) is 5.83. The van der Waals surface area contributed by atoms with Gasteiger partial charge in [0.2, 0.25) is 0 Å². The molecule has 2 aliphatic heterocycles. The normalized spacial score (nSPS) is 24.4. The number of nitrogens with zero attached hydrogens (tertiary/aromatic N) is 1. The largest absolute Gasteiger partial charge is 0.426 e. The van der Waals surface area contributed by atoms with Crippen molar-refractivity contribution in [3.63, 3.8) is 0 Å². The Morgan fingerprint density at radius 2 is 2.07 bits per heavy atom. The average molecular weight is 392 g/mol. The molecule has 1 saturated heterocycles. The highest BCUT2D eigenvalue weighted by molar-refractivity contribution is 7.42. The van der Waals surface area contributed by atoms with Gasteiger partial charge < -0.3 is 9.26 Å². The SMILES string of the molecule is Cc1cc2c(cc1C)OP(OCC1CCC(n3ccc(=O)[nH]c3=O)O1)OC2. The van der Waals surface area contributed by atoms with Crippen molar-refractivity contribution < 1.29 is 18.3 Å². The van der Waals surface area contributed by atoms with Crippen molar-refractivity contribution in [3.05, 3.63) is 61.9 Å². The van der Waals surface area contributed by atoms with Crippen molar-refractivity contribution in [1.29, 1.82) is 0 Å². The zero-order chi connectivity index (χ0) is 19.0. The molecule has 3 unspecified atom stereocenters. The molecular weight excluding hydrogens is 371 g/mol. The smallest absolute Gasteiger partial charge is 0.397 e. The summed E-state index contributed by atoms with van der Waals surface area (Å²) >= 11 is 0. The van der Waals surface area contributed by atoms with Gasteiger partial charge in [0.15, 0.2) is 0 Å². The van der Waals surface area contributed by atoms with Crippen LogP contribution in [0.2, 0.25) is 0 Å². The van der Waals surface area contributed by atoms with Crippen LogP contribution in [0.5, 0.6) is 5.75 Å². The van der Waals surface area contributed by atoms with E-state index in [2.05, 4.69) is 18.0 Å². The van der Waals surface area contributed by atoms with Gasteiger partial charge in [-0.25, -0.2) is 4.79 Å². The summed E-state index contributed by atoms with van der Waals surface area (Å²) in [7, 11) is -1.47. The Balaban J connectivity index is 1.33. The van der Waals surface area contributed by atoms with Crippen LogP contribution in [0.15, 0.2) is 34.0 Å². The summed E-state index contributed by atoms with van der Waals surface area (Å²) in [6, 6.07) is 5.39. The van der Waals surface area contributed by atoms with Crippen LogP contribution >= 0.6 is 8.60 Å². The summed E-state index contributed by atoms with van der Waals surface area (Å²) in [4.78, 5) is 25.3. The predicted molar refractivity (Wildman–Crippen MR) is 98.7 cm³/mol. The number of benzene rings is 1. The number of hydrogen-bond donors (Lipinski definition) is 1. The van der Waals surface area contributed by atoms with Gasteiger partial charge in [-0.2, -0.15) is 0 Å². The second-order valence-electron chi connectivity index (χ2n) is 6.74. The number of H-pyrrole nitrogens is 1. The summed E-state index contributed by atoms with van der Waals surface area (Å²) in [6.45, 7) is 4.89. The zero-order valence-electron chi connectivity index (χ0n) is 15.1. The molecule has 27 heavy (non-hydrogen) atoms. The van der Waals surface area contributed by atoms with E-state index >= 15 is 0 Å². The van der Waals surface area contributed by atoms with Gasteiger partial charge in [-0.15, -0.1) is 0 Å². The van der Waals surface area contributed by atoms with Crippen molar-refractivity contribution in [2.24, 2.45) is 0 Å². The Kier molecular flexibility index (Phi) is 5.14. The molecular formula is C18H21N2O6P. The Morgan fingerprint density at radius 3 is 2.89 bits per heavy atom. The first-order valence-electron chi connectivity index (χ1n) is 8.80. The minimum Gasteiger partial charge on any atom is -0.426 e. The van der Waals surface area contributed by atoms with Crippen LogP contribution in [-0.4, -0.2) is 22.3 Å². The molecule has 1 fully saturated rings. The molecule has 0 spiro atoms. The van der Waals surface area contributed by atoms with Crippen LogP contribution in [0, 0.1) is 13.8 Å². The molecule has 0 radical (unpaired) electrons. The van der Waals surface area contributed by atoms with E-state index in [9.17, 15) is 9.59 Å². The van der Waals surface area contributed by atoms with Crippen LogP contribution in [0.1, 0.15) is 35.8 Å². The van der Waals surface area contributed by atoms with Crippen LogP contribution in [0.25, 0.3) is 0 Å². The van der Waals surface area contributed by atoms with Crippen molar-refractivity contribution in [1.82, 2.24) is 9.55 Å². The van der Waals surface area contributed by atoms with Crippen molar-refractivity contribution in [2.45, 2.75) is 45.6 Å². The standard InChI is InChI=1S/C18H21N2O6P/c1-11-7-13-9-23-27(26-15(13)8-12(11)2)24-10-14-3-4-17(25-14)20-6-5-16(21)19-18(20)22/h5-8,14,17H,3-4,9-10H2,1-2H3,(H,19,21,22). The highest BCUT2D eigenvalue weighted by Crippen LogP contribution is 2.48. The summed E-state index contributed by atoms with van der Waals surface area (Å²) in [6.07, 6.45) is 2.29. The monoisotopic (exact) mass is 392 g/mol.